The van der Waals surface area contributed by atoms with Crippen LogP contribution in [0.4, 0.5) is 0 Å². The van der Waals surface area contributed by atoms with Gasteiger partial charge in [0.1, 0.15) is 0 Å². The lowest BCUT2D eigenvalue weighted by Gasteiger charge is -2.11. The molecule has 0 fully saturated rings. The molecule has 0 radical (unpaired) electrons. The van der Waals surface area contributed by atoms with Gasteiger partial charge in [-0.2, -0.15) is 0 Å². The van der Waals surface area contributed by atoms with Gasteiger partial charge >= 0.3 is 0 Å². The first-order valence-electron chi connectivity index (χ1n) is 6.92. The van der Waals surface area contributed by atoms with Gasteiger partial charge in [0.05, 0.1) is 6.10 Å². The van der Waals surface area contributed by atoms with Gasteiger partial charge in [-0.05, 0) is 67.7 Å². The summed E-state index contributed by atoms with van der Waals surface area (Å²) < 4.78 is 0. The Labute approximate surface area is 119 Å². The molecule has 0 amide bonds. The fraction of sp³-hybridized carbons (Fsp3) is 0.412. The molecule has 0 bridgehead atoms. The van der Waals surface area contributed by atoms with Crippen LogP contribution < -0.4 is 0 Å². The molecule has 2 rings (SSSR count). The summed E-state index contributed by atoms with van der Waals surface area (Å²) in [5.74, 6) is 0. The number of hydrogen-bond donors (Lipinski definition) is 1. The van der Waals surface area contributed by atoms with Gasteiger partial charge in [0, 0.05) is 4.88 Å². The normalized spacial score (nSPS) is 12.6. The van der Waals surface area contributed by atoms with Crippen molar-refractivity contribution in [1.82, 2.24) is 0 Å². The third-order valence-electron chi connectivity index (χ3n) is 3.58. The van der Waals surface area contributed by atoms with Gasteiger partial charge in [-0.1, -0.05) is 24.3 Å². The Morgan fingerprint density at radius 2 is 2.00 bits per heavy atom. The minimum absolute atomic E-state index is 0.220. The van der Waals surface area contributed by atoms with Crippen LogP contribution in [0.3, 0.4) is 0 Å². The highest BCUT2D eigenvalue weighted by Crippen LogP contribution is 2.16. The molecule has 1 unspecified atom stereocenters. The Bertz CT molecular complexity index is 502. The zero-order chi connectivity index (χ0) is 13.7. The first kappa shape index (κ1) is 14.3. The molecule has 0 saturated heterocycles. The van der Waals surface area contributed by atoms with Gasteiger partial charge in [0.2, 0.25) is 0 Å². The van der Waals surface area contributed by atoms with Gasteiger partial charge in [-0.25, -0.2) is 0 Å². The first-order chi connectivity index (χ1) is 9.15. The van der Waals surface area contributed by atoms with E-state index >= 15 is 0 Å². The quantitative estimate of drug-likeness (QED) is 0.833. The van der Waals surface area contributed by atoms with E-state index in [-0.39, 0.29) is 6.10 Å². The molecule has 1 nitrogen and oxygen atoms in total. The van der Waals surface area contributed by atoms with Gasteiger partial charge in [-0.15, -0.1) is 11.3 Å². The van der Waals surface area contributed by atoms with Crippen LogP contribution >= 0.6 is 11.3 Å². The molecule has 1 heterocycles. The van der Waals surface area contributed by atoms with Crippen LogP contribution in [0.25, 0.3) is 0 Å². The van der Waals surface area contributed by atoms with Gasteiger partial charge < -0.3 is 5.11 Å². The van der Waals surface area contributed by atoms with E-state index in [4.69, 9.17) is 0 Å². The van der Waals surface area contributed by atoms with Crippen molar-refractivity contribution in [3.63, 3.8) is 0 Å². The Morgan fingerprint density at radius 3 is 2.68 bits per heavy atom. The second-order valence-corrected chi connectivity index (χ2v) is 6.28. The van der Waals surface area contributed by atoms with Crippen LogP contribution in [0.2, 0.25) is 0 Å². The molecule has 102 valence electrons. The smallest absolute Gasteiger partial charge is 0.0580 e. The third-order valence-corrected chi connectivity index (χ3v) is 4.52. The minimum atomic E-state index is -0.220. The summed E-state index contributed by atoms with van der Waals surface area (Å²) in [7, 11) is 0. The molecule has 1 atom stereocenters. The van der Waals surface area contributed by atoms with Gasteiger partial charge in [0.15, 0.2) is 0 Å². The molecule has 1 aromatic carbocycles. The maximum Gasteiger partial charge on any atom is 0.0580 e. The molecule has 19 heavy (non-hydrogen) atoms. The number of aliphatic hydroxyl groups excluding tert-OH is 1. The van der Waals surface area contributed by atoms with E-state index in [1.165, 1.54) is 21.6 Å². The largest absolute Gasteiger partial charge is 0.393 e. The van der Waals surface area contributed by atoms with E-state index in [1.807, 2.05) is 0 Å². The molecule has 0 saturated carbocycles. The van der Waals surface area contributed by atoms with Crippen LogP contribution in [-0.4, -0.2) is 11.2 Å². The SMILES string of the molecule is Cc1ccc(CC(O)CCCc2cccs2)cc1C. The Balaban J connectivity index is 1.77. The van der Waals surface area contributed by atoms with E-state index < -0.39 is 0 Å². The summed E-state index contributed by atoms with van der Waals surface area (Å²) in [5.41, 5.74) is 3.87. The lowest BCUT2D eigenvalue weighted by molar-refractivity contribution is 0.162. The molecule has 0 aliphatic carbocycles. The second kappa shape index (κ2) is 6.88. The zero-order valence-corrected chi connectivity index (χ0v) is 12.5. The minimum Gasteiger partial charge on any atom is -0.393 e. The number of rotatable bonds is 6. The van der Waals surface area contributed by atoms with E-state index in [0.717, 1.165) is 25.7 Å². The summed E-state index contributed by atoms with van der Waals surface area (Å²) in [6.07, 6.45) is 3.58. The summed E-state index contributed by atoms with van der Waals surface area (Å²) in [5, 5.41) is 12.2. The van der Waals surface area contributed by atoms with Crippen LogP contribution in [0, 0.1) is 13.8 Å². The highest BCUT2D eigenvalue weighted by atomic mass is 32.1. The van der Waals surface area contributed by atoms with Crippen LogP contribution in [0.5, 0.6) is 0 Å². The molecule has 1 aromatic heterocycles. The highest BCUT2D eigenvalue weighted by molar-refractivity contribution is 7.09. The summed E-state index contributed by atoms with van der Waals surface area (Å²) in [4.78, 5) is 1.42. The van der Waals surface area contributed by atoms with Crippen molar-refractivity contribution in [3.05, 3.63) is 57.3 Å². The van der Waals surface area contributed by atoms with Crippen molar-refractivity contribution in [3.8, 4) is 0 Å². The predicted molar refractivity (Wildman–Crippen MR) is 82.9 cm³/mol. The average molecular weight is 274 g/mol. The van der Waals surface area contributed by atoms with Crippen molar-refractivity contribution < 1.29 is 5.11 Å². The Morgan fingerprint density at radius 1 is 1.16 bits per heavy atom. The summed E-state index contributed by atoms with van der Waals surface area (Å²) in [6.45, 7) is 4.25. The number of hydrogen-bond acceptors (Lipinski definition) is 2. The van der Waals surface area contributed by atoms with Crippen molar-refractivity contribution in [1.29, 1.82) is 0 Å². The zero-order valence-electron chi connectivity index (χ0n) is 11.7. The van der Waals surface area contributed by atoms with Crippen molar-refractivity contribution in [2.45, 2.75) is 45.6 Å². The van der Waals surface area contributed by atoms with E-state index in [2.05, 4.69) is 49.6 Å². The lowest BCUT2D eigenvalue weighted by atomic mass is 9.99. The van der Waals surface area contributed by atoms with Crippen LogP contribution in [0.1, 0.15) is 34.4 Å². The van der Waals surface area contributed by atoms with E-state index in [0.29, 0.717) is 0 Å². The number of benzene rings is 1. The molecule has 0 aliphatic heterocycles. The fourth-order valence-electron chi connectivity index (χ4n) is 2.27. The van der Waals surface area contributed by atoms with E-state index in [9.17, 15) is 5.11 Å². The first-order valence-corrected chi connectivity index (χ1v) is 7.79. The standard InChI is InChI=1S/C17H22OS/c1-13-8-9-15(11-14(13)2)12-16(18)5-3-6-17-7-4-10-19-17/h4,7-11,16,18H,3,5-6,12H2,1-2H3. The highest BCUT2D eigenvalue weighted by Gasteiger charge is 2.07. The van der Waals surface area contributed by atoms with E-state index in [1.54, 1.807) is 11.3 Å². The molecule has 1 N–H and O–H groups in total. The van der Waals surface area contributed by atoms with Crippen molar-refractivity contribution in [2.24, 2.45) is 0 Å². The molecular weight excluding hydrogens is 252 g/mol. The number of aliphatic hydroxyl groups is 1. The maximum absolute atomic E-state index is 10.1. The lowest BCUT2D eigenvalue weighted by Crippen LogP contribution is -2.10. The Kier molecular flexibility index (Phi) is 5.17. The van der Waals surface area contributed by atoms with Crippen molar-refractivity contribution in [2.75, 3.05) is 0 Å². The van der Waals surface area contributed by atoms with Crippen LogP contribution in [-0.2, 0) is 12.8 Å². The Hall–Kier alpha value is -1.12. The third kappa shape index (κ3) is 4.48. The molecule has 0 aliphatic rings. The summed E-state index contributed by atoms with van der Waals surface area (Å²) >= 11 is 1.80. The fourth-order valence-corrected chi connectivity index (χ4v) is 3.02. The van der Waals surface area contributed by atoms with Gasteiger partial charge in [0.25, 0.3) is 0 Å². The molecule has 2 heteroatoms. The van der Waals surface area contributed by atoms with Crippen molar-refractivity contribution >= 4 is 11.3 Å². The van der Waals surface area contributed by atoms with Crippen LogP contribution in [0.15, 0.2) is 35.7 Å². The molecule has 2 aromatic rings. The molecule has 0 spiro atoms. The molecular formula is C17H22OS. The monoisotopic (exact) mass is 274 g/mol. The second-order valence-electron chi connectivity index (χ2n) is 5.25. The maximum atomic E-state index is 10.1. The topological polar surface area (TPSA) is 20.2 Å². The average Bonchev–Trinajstić information content (AvgIpc) is 2.87. The number of thiophene rings is 1. The van der Waals surface area contributed by atoms with Gasteiger partial charge in [-0.3, -0.25) is 0 Å². The number of aryl methyl sites for hydroxylation is 3. The predicted octanol–water partition coefficient (Wildman–Crippen LogP) is 4.29. The summed E-state index contributed by atoms with van der Waals surface area (Å²) in [6, 6.07) is 10.7.